The molecular formula is C16H19BrN2O. The zero-order valence-corrected chi connectivity index (χ0v) is 13.5. The van der Waals surface area contributed by atoms with Gasteiger partial charge in [-0.3, -0.25) is 4.90 Å². The maximum absolute atomic E-state index is 5.34. The molecule has 1 aromatic heterocycles. The van der Waals surface area contributed by atoms with E-state index in [-0.39, 0.29) is 0 Å². The first kappa shape index (κ1) is 13.8. The van der Waals surface area contributed by atoms with Crippen molar-refractivity contribution in [2.24, 2.45) is 0 Å². The summed E-state index contributed by atoms with van der Waals surface area (Å²) in [7, 11) is 0. The Morgan fingerprint density at radius 1 is 1.40 bits per heavy atom. The van der Waals surface area contributed by atoms with Crippen LogP contribution in [0, 0.1) is 13.8 Å². The molecule has 106 valence electrons. The zero-order valence-electron chi connectivity index (χ0n) is 11.9. The van der Waals surface area contributed by atoms with Crippen LogP contribution in [0.2, 0.25) is 0 Å². The minimum absolute atomic E-state index is 0.445. The average molecular weight is 335 g/mol. The minimum Gasteiger partial charge on any atom is -0.361 e. The van der Waals surface area contributed by atoms with Crippen LogP contribution in [0.4, 0.5) is 0 Å². The summed E-state index contributed by atoms with van der Waals surface area (Å²) in [5, 5.41) is 4.11. The van der Waals surface area contributed by atoms with Crippen molar-refractivity contribution in [2.45, 2.75) is 39.3 Å². The lowest BCUT2D eigenvalue weighted by Gasteiger charge is -2.24. The van der Waals surface area contributed by atoms with E-state index in [1.165, 1.54) is 24.0 Å². The first-order valence-electron chi connectivity index (χ1n) is 7.06. The lowest BCUT2D eigenvalue weighted by molar-refractivity contribution is 0.245. The molecule has 0 bridgehead atoms. The fraction of sp³-hybridized carbons (Fsp3) is 0.438. The summed E-state index contributed by atoms with van der Waals surface area (Å²) < 4.78 is 6.48. The number of aromatic nitrogens is 1. The molecule has 0 amide bonds. The number of halogens is 1. The van der Waals surface area contributed by atoms with Crippen LogP contribution >= 0.6 is 15.9 Å². The van der Waals surface area contributed by atoms with Crippen molar-refractivity contribution in [3.63, 3.8) is 0 Å². The molecule has 3 rings (SSSR count). The van der Waals surface area contributed by atoms with Gasteiger partial charge in [-0.2, -0.15) is 0 Å². The quantitative estimate of drug-likeness (QED) is 0.833. The summed E-state index contributed by atoms with van der Waals surface area (Å²) in [6, 6.07) is 9.00. The van der Waals surface area contributed by atoms with Gasteiger partial charge in [0.15, 0.2) is 0 Å². The topological polar surface area (TPSA) is 29.3 Å². The van der Waals surface area contributed by atoms with Crippen molar-refractivity contribution in [1.82, 2.24) is 10.1 Å². The van der Waals surface area contributed by atoms with Crippen molar-refractivity contribution in [3.05, 3.63) is 51.3 Å². The molecule has 2 heterocycles. The van der Waals surface area contributed by atoms with Gasteiger partial charge in [0, 0.05) is 22.6 Å². The number of nitrogens with zero attached hydrogens (tertiary/aromatic N) is 2. The smallest absolute Gasteiger partial charge is 0.138 e. The van der Waals surface area contributed by atoms with Gasteiger partial charge < -0.3 is 4.52 Å². The number of aryl methyl sites for hydroxylation is 2. The van der Waals surface area contributed by atoms with Crippen LogP contribution in [-0.2, 0) is 6.54 Å². The van der Waals surface area contributed by atoms with Gasteiger partial charge in [-0.15, -0.1) is 0 Å². The molecule has 3 nitrogen and oxygen atoms in total. The lowest BCUT2D eigenvalue weighted by atomic mass is 10.0. The fourth-order valence-electron chi connectivity index (χ4n) is 3.18. The van der Waals surface area contributed by atoms with Gasteiger partial charge in [0.2, 0.25) is 0 Å². The van der Waals surface area contributed by atoms with Crippen LogP contribution in [0.15, 0.2) is 33.3 Å². The summed E-state index contributed by atoms with van der Waals surface area (Å²) in [6.07, 6.45) is 2.43. The van der Waals surface area contributed by atoms with E-state index in [4.69, 9.17) is 4.52 Å². The normalized spacial score (nSPS) is 19.6. The molecule has 1 fully saturated rings. The second kappa shape index (κ2) is 5.70. The average Bonchev–Trinajstić information content (AvgIpc) is 2.97. The van der Waals surface area contributed by atoms with Crippen molar-refractivity contribution >= 4 is 15.9 Å². The number of likely N-dealkylation sites (tertiary alicyclic amines) is 1. The van der Waals surface area contributed by atoms with Gasteiger partial charge >= 0.3 is 0 Å². The minimum atomic E-state index is 0.445. The lowest BCUT2D eigenvalue weighted by Crippen LogP contribution is -2.23. The van der Waals surface area contributed by atoms with Gasteiger partial charge in [0.05, 0.1) is 5.69 Å². The molecule has 0 radical (unpaired) electrons. The van der Waals surface area contributed by atoms with Gasteiger partial charge in [-0.05, 0) is 50.9 Å². The standard InChI is InChI=1S/C16H19BrN2O/c1-11-16(12(2)20-18-11)15-7-4-8-19(15)10-13-5-3-6-14(17)9-13/h3,5-6,9,15H,4,7-8,10H2,1-2H3/t15-/m1/s1. The molecule has 20 heavy (non-hydrogen) atoms. The van der Waals surface area contributed by atoms with Crippen LogP contribution in [0.25, 0.3) is 0 Å². The summed E-state index contributed by atoms with van der Waals surface area (Å²) in [5.41, 5.74) is 3.67. The highest BCUT2D eigenvalue weighted by Crippen LogP contribution is 2.36. The van der Waals surface area contributed by atoms with E-state index in [0.717, 1.165) is 29.0 Å². The predicted octanol–water partition coefficient (Wildman–Crippen LogP) is 4.39. The second-order valence-corrected chi connectivity index (χ2v) is 6.41. The van der Waals surface area contributed by atoms with Gasteiger partial charge in [0.1, 0.15) is 5.76 Å². The maximum Gasteiger partial charge on any atom is 0.138 e. The van der Waals surface area contributed by atoms with Crippen LogP contribution in [0.5, 0.6) is 0 Å². The highest BCUT2D eigenvalue weighted by Gasteiger charge is 2.30. The van der Waals surface area contributed by atoms with Gasteiger partial charge in [-0.25, -0.2) is 0 Å². The molecule has 0 unspecified atom stereocenters. The molecule has 0 aliphatic carbocycles. The Kier molecular flexibility index (Phi) is 3.94. The molecule has 1 atom stereocenters. The molecule has 2 aromatic rings. The van der Waals surface area contributed by atoms with Gasteiger partial charge in [0.25, 0.3) is 0 Å². The molecule has 0 spiro atoms. The summed E-state index contributed by atoms with van der Waals surface area (Å²) in [6.45, 7) is 6.18. The third kappa shape index (κ3) is 2.67. The van der Waals surface area contributed by atoms with E-state index in [9.17, 15) is 0 Å². The summed E-state index contributed by atoms with van der Waals surface area (Å²) in [4.78, 5) is 2.54. The number of hydrogen-bond donors (Lipinski definition) is 0. The van der Waals surface area contributed by atoms with Gasteiger partial charge in [-0.1, -0.05) is 33.2 Å². The Bertz CT molecular complexity index is 589. The van der Waals surface area contributed by atoms with Crippen LogP contribution < -0.4 is 0 Å². The van der Waals surface area contributed by atoms with E-state index in [0.29, 0.717) is 6.04 Å². The largest absolute Gasteiger partial charge is 0.361 e. The number of rotatable bonds is 3. The second-order valence-electron chi connectivity index (χ2n) is 5.50. The van der Waals surface area contributed by atoms with Crippen LogP contribution in [0.3, 0.4) is 0 Å². The Hall–Kier alpha value is -1.13. The Labute approximate surface area is 128 Å². The number of hydrogen-bond acceptors (Lipinski definition) is 3. The summed E-state index contributed by atoms with van der Waals surface area (Å²) in [5.74, 6) is 0.966. The molecule has 0 saturated carbocycles. The Balaban J connectivity index is 1.83. The highest BCUT2D eigenvalue weighted by atomic mass is 79.9. The van der Waals surface area contributed by atoms with E-state index in [1.54, 1.807) is 0 Å². The maximum atomic E-state index is 5.34. The van der Waals surface area contributed by atoms with Crippen molar-refractivity contribution in [2.75, 3.05) is 6.54 Å². The molecule has 0 N–H and O–H groups in total. The first-order chi connectivity index (χ1) is 9.65. The van der Waals surface area contributed by atoms with E-state index >= 15 is 0 Å². The summed E-state index contributed by atoms with van der Waals surface area (Å²) >= 11 is 3.55. The van der Waals surface area contributed by atoms with Crippen molar-refractivity contribution < 1.29 is 4.52 Å². The third-order valence-electron chi connectivity index (χ3n) is 4.06. The van der Waals surface area contributed by atoms with Crippen LogP contribution in [0.1, 0.15) is 41.5 Å². The zero-order chi connectivity index (χ0) is 14.1. The molecule has 1 aliphatic heterocycles. The Morgan fingerprint density at radius 3 is 2.95 bits per heavy atom. The SMILES string of the molecule is Cc1noc(C)c1[C@H]1CCCN1Cc1cccc(Br)c1. The molecule has 1 aliphatic rings. The van der Waals surface area contributed by atoms with Crippen LogP contribution in [-0.4, -0.2) is 16.6 Å². The van der Waals surface area contributed by atoms with E-state index in [1.807, 2.05) is 13.8 Å². The number of benzene rings is 1. The molecular weight excluding hydrogens is 316 g/mol. The molecule has 1 saturated heterocycles. The first-order valence-corrected chi connectivity index (χ1v) is 7.85. The molecule has 1 aromatic carbocycles. The van der Waals surface area contributed by atoms with Crippen molar-refractivity contribution in [1.29, 1.82) is 0 Å². The van der Waals surface area contributed by atoms with E-state index in [2.05, 4.69) is 50.3 Å². The Morgan fingerprint density at radius 2 is 2.25 bits per heavy atom. The monoisotopic (exact) mass is 334 g/mol. The van der Waals surface area contributed by atoms with E-state index < -0.39 is 0 Å². The molecule has 4 heteroatoms. The van der Waals surface area contributed by atoms with Crippen molar-refractivity contribution in [3.8, 4) is 0 Å². The highest BCUT2D eigenvalue weighted by molar-refractivity contribution is 9.10. The fourth-order valence-corrected chi connectivity index (χ4v) is 3.62. The third-order valence-corrected chi connectivity index (χ3v) is 4.55. The predicted molar refractivity (Wildman–Crippen MR) is 82.5 cm³/mol.